The van der Waals surface area contributed by atoms with E-state index in [2.05, 4.69) is 287 Å². The molecule has 1 aliphatic carbocycles. The molecule has 0 spiro atoms. The van der Waals surface area contributed by atoms with Gasteiger partial charge < -0.3 is 13.7 Å². The third-order valence-corrected chi connectivity index (χ3v) is 16.3. The monoisotopic (exact) mass is 1100 g/mol. The van der Waals surface area contributed by atoms with Crippen molar-refractivity contribution >= 4 is 65.4 Å². The van der Waals surface area contributed by atoms with Crippen LogP contribution in [0.15, 0.2) is 225 Å². The topological polar surface area (TPSA) is 40.6 Å². The second-order valence-corrected chi connectivity index (χ2v) is 23.6. The number of hydrogen-bond acceptors (Lipinski definition) is 2. The summed E-state index contributed by atoms with van der Waals surface area (Å²) in [5, 5.41) is 8.05. The van der Waals surface area contributed by atoms with Gasteiger partial charge in [-0.05, 0) is 187 Å². The molecule has 1 aliphatic rings. The van der Waals surface area contributed by atoms with Crippen LogP contribution in [0, 0.1) is 69.2 Å². The lowest BCUT2D eigenvalue weighted by molar-refractivity contribution is 0.659. The van der Waals surface area contributed by atoms with Gasteiger partial charge in [-0.1, -0.05) is 175 Å². The van der Waals surface area contributed by atoms with E-state index in [9.17, 15) is 0 Å². The molecule has 0 N–H and O–H groups in total. The highest BCUT2D eigenvalue weighted by atomic mass is 15.0. The van der Waals surface area contributed by atoms with Gasteiger partial charge in [0.2, 0.25) is 0 Å². The highest BCUT2D eigenvalue weighted by molar-refractivity contribution is 6.10. The molecule has 5 nitrogen and oxygen atoms in total. The van der Waals surface area contributed by atoms with E-state index in [-0.39, 0.29) is 5.41 Å². The standard InChI is InChI=1S/C20H17N.C17H18.2C14H13N.2C7H9N/c1-14-8-10-19-17(12-14)18-13-15(2)9-11-20(18)21(19)16-6-4-3-5-7-16;1-11-5-7-13-14-8-6-12(2)10-16(14)17(3,4)15(13)9-11;1-10-7-8-14-12(9-10)11-5-3-4-6-13(11)15(14)2;1-10-7-8-12-11-5-3-4-6-13(11)15(2)14(12)9-10;1-6-3-7(2)5-8-4-6;1-6-4-3-5-7(2)8-6/h3-13H,1-2H3;5-10H,1-4H3;2*3-9H,1-2H3;2*3-5H,1-2H3. The van der Waals surface area contributed by atoms with Gasteiger partial charge in [-0.2, -0.15) is 0 Å². The average Bonchev–Trinajstić information content (AvgIpc) is 1.90. The average molecular weight is 1100 g/mol. The molecule has 0 unspecified atom stereocenters. The maximum atomic E-state index is 4.17. The Morgan fingerprint density at radius 2 is 0.679 bits per heavy atom. The molecule has 0 fully saturated rings. The number of fused-ring (bicyclic) bond motifs is 12. The van der Waals surface area contributed by atoms with Crippen LogP contribution in [0.3, 0.4) is 0 Å². The van der Waals surface area contributed by atoms with Crippen LogP contribution in [-0.4, -0.2) is 23.7 Å². The lowest BCUT2D eigenvalue weighted by Gasteiger charge is -2.22. The van der Waals surface area contributed by atoms with Crippen molar-refractivity contribution in [1.82, 2.24) is 23.7 Å². The summed E-state index contributed by atoms with van der Waals surface area (Å²) in [4.78, 5) is 8.16. The Kier molecular flexibility index (Phi) is 17.0. The van der Waals surface area contributed by atoms with Gasteiger partial charge in [-0.15, -0.1) is 0 Å². The number of aryl methyl sites for hydroxylation is 12. The zero-order chi connectivity index (χ0) is 59.4. The molecule has 9 aromatic carbocycles. The molecule has 0 amide bonds. The lowest BCUT2D eigenvalue weighted by Crippen LogP contribution is -2.15. The quantitative estimate of drug-likeness (QED) is 0.164. The summed E-state index contributed by atoms with van der Waals surface area (Å²) < 4.78 is 6.87. The fourth-order valence-electron chi connectivity index (χ4n) is 12.0. The molecule has 0 saturated heterocycles. The first-order valence-electron chi connectivity index (χ1n) is 29.3. The molecule has 5 heterocycles. The summed E-state index contributed by atoms with van der Waals surface area (Å²) in [5.74, 6) is 0. The van der Waals surface area contributed by atoms with Gasteiger partial charge in [-0.3, -0.25) is 9.97 Å². The number of rotatable bonds is 1. The van der Waals surface area contributed by atoms with E-state index in [1.165, 1.54) is 138 Å². The molecule has 0 atom stereocenters. The van der Waals surface area contributed by atoms with Gasteiger partial charge in [0.1, 0.15) is 0 Å². The van der Waals surface area contributed by atoms with Crippen molar-refractivity contribution in [3.05, 3.63) is 292 Å². The Morgan fingerprint density at radius 1 is 0.298 bits per heavy atom. The molecule has 5 heteroatoms. The summed E-state index contributed by atoms with van der Waals surface area (Å²) in [6.45, 7) is 25.7. The Balaban J connectivity index is 0.000000116. The molecule has 15 rings (SSSR count). The number of benzene rings is 9. The van der Waals surface area contributed by atoms with E-state index in [1.54, 1.807) is 0 Å². The van der Waals surface area contributed by atoms with Crippen LogP contribution in [0.1, 0.15) is 80.9 Å². The zero-order valence-corrected chi connectivity index (χ0v) is 51.6. The SMILES string of the molecule is Cc1ccc2c(c1)C(C)(C)c1cc(C)ccc1-2.Cc1ccc2c(c1)c1cc(C)ccc1n2-c1ccccc1.Cc1ccc2c(c1)c1ccccc1n2C.Cc1ccc2c3ccccc3n(C)c2c1.Cc1cccc(C)n1.Cc1cncc(C)c1. The molecule has 0 bridgehead atoms. The van der Waals surface area contributed by atoms with Gasteiger partial charge in [-0.25, -0.2) is 0 Å². The third-order valence-electron chi connectivity index (χ3n) is 16.3. The van der Waals surface area contributed by atoms with E-state index in [0.717, 1.165) is 11.4 Å². The predicted octanol–water partition coefficient (Wildman–Crippen LogP) is 20.7. The maximum Gasteiger partial charge on any atom is 0.0541 e. The lowest BCUT2D eigenvalue weighted by atomic mass is 9.81. The van der Waals surface area contributed by atoms with Gasteiger partial charge in [0.15, 0.2) is 0 Å². The molecule has 0 aliphatic heterocycles. The Labute approximate surface area is 497 Å². The summed E-state index contributed by atoms with van der Waals surface area (Å²) in [6, 6.07) is 76.1. The van der Waals surface area contributed by atoms with E-state index < -0.39 is 0 Å². The van der Waals surface area contributed by atoms with Crippen molar-refractivity contribution in [3.63, 3.8) is 0 Å². The van der Waals surface area contributed by atoms with E-state index in [4.69, 9.17) is 0 Å². The molecule has 84 heavy (non-hydrogen) atoms. The first-order valence-corrected chi connectivity index (χ1v) is 29.3. The predicted molar refractivity (Wildman–Crippen MR) is 361 cm³/mol. The van der Waals surface area contributed by atoms with Crippen molar-refractivity contribution in [2.75, 3.05) is 0 Å². The van der Waals surface area contributed by atoms with Crippen molar-refractivity contribution in [2.24, 2.45) is 14.1 Å². The van der Waals surface area contributed by atoms with Crippen LogP contribution in [0.2, 0.25) is 0 Å². The normalized spacial score (nSPS) is 11.8. The molecule has 14 aromatic rings. The van der Waals surface area contributed by atoms with E-state index in [1.807, 2.05) is 58.3 Å². The van der Waals surface area contributed by atoms with Crippen molar-refractivity contribution < 1.29 is 0 Å². The van der Waals surface area contributed by atoms with Gasteiger partial charge >= 0.3 is 0 Å². The zero-order valence-electron chi connectivity index (χ0n) is 51.6. The van der Waals surface area contributed by atoms with Gasteiger partial charge in [0.05, 0.1) is 11.0 Å². The third kappa shape index (κ3) is 12.2. The first kappa shape index (κ1) is 57.9. The second-order valence-electron chi connectivity index (χ2n) is 23.6. The van der Waals surface area contributed by atoms with Crippen LogP contribution in [-0.2, 0) is 19.5 Å². The van der Waals surface area contributed by atoms with Crippen LogP contribution in [0.4, 0.5) is 0 Å². The van der Waals surface area contributed by atoms with Crippen molar-refractivity contribution in [1.29, 1.82) is 0 Å². The van der Waals surface area contributed by atoms with Crippen LogP contribution >= 0.6 is 0 Å². The second kappa shape index (κ2) is 24.6. The fourth-order valence-corrected chi connectivity index (χ4v) is 12.0. The molecular formula is C79H79N5. The van der Waals surface area contributed by atoms with Crippen molar-refractivity contribution in [3.8, 4) is 16.8 Å². The smallest absolute Gasteiger partial charge is 0.0541 e. The van der Waals surface area contributed by atoms with Crippen LogP contribution in [0.5, 0.6) is 0 Å². The maximum absolute atomic E-state index is 4.17. The van der Waals surface area contributed by atoms with E-state index in [0.29, 0.717) is 0 Å². The fraction of sp³-hybridized carbons (Fsp3) is 0.190. The van der Waals surface area contributed by atoms with Crippen LogP contribution < -0.4 is 0 Å². The van der Waals surface area contributed by atoms with Gasteiger partial charge in [0.25, 0.3) is 0 Å². The Bertz CT molecular complexity index is 4460. The molecule has 0 saturated carbocycles. The highest BCUT2D eigenvalue weighted by Crippen LogP contribution is 2.49. The Morgan fingerprint density at radius 3 is 1.15 bits per heavy atom. The largest absolute Gasteiger partial charge is 0.344 e. The summed E-state index contributed by atoms with van der Waals surface area (Å²) in [7, 11) is 4.25. The number of nitrogens with zero attached hydrogens (tertiary/aromatic N) is 5. The highest BCUT2D eigenvalue weighted by Gasteiger charge is 2.35. The Hall–Kier alpha value is -9.32. The van der Waals surface area contributed by atoms with E-state index >= 15 is 0 Å². The molecule has 0 radical (unpaired) electrons. The first-order chi connectivity index (χ1) is 40.4. The summed E-state index contributed by atoms with van der Waals surface area (Å²) in [5.41, 5.74) is 27.5. The van der Waals surface area contributed by atoms with Crippen molar-refractivity contribution in [2.45, 2.75) is 88.5 Å². The number of aromatic nitrogens is 5. The summed E-state index contributed by atoms with van der Waals surface area (Å²) in [6.07, 6.45) is 3.71. The van der Waals surface area contributed by atoms with Crippen LogP contribution in [0.25, 0.3) is 82.2 Å². The number of para-hydroxylation sites is 3. The minimum Gasteiger partial charge on any atom is -0.344 e. The molecule has 5 aromatic heterocycles. The molecular weight excluding hydrogens is 1020 g/mol. The van der Waals surface area contributed by atoms with Gasteiger partial charge in [0, 0.05) is 103 Å². The minimum atomic E-state index is 0.142. The molecule has 420 valence electrons. The minimum absolute atomic E-state index is 0.142. The summed E-state index contributed by atoms with van der Waals surface area (Å²) >= 11 is 0. The number of hydrogen-bond donors (Lipinski definition) is 0. The number of pyridine rings is 2.